The Hall–Kier alpha value is -3.20. The van der Waals surface area contributed by atoms with Gasteiger partial charge in [0.15, 0.2) is 0 Å². The third-order valence-corrected chi connectivity index (χ3v) is 5.86. The minimum Gasteiger partial charge on any atom is -0.341 e. The molecule has 1 unspecified atom stereocenters. The summed E-state index contributed by atoms with van der Waals surface area (Å²) < 4.78 is 0. The van der Waals surface area contributed by atoms with E-state index in [9.17, 15) is 9.59 Å². The normalized spacial score (nSPS) is 19.8. The van der Waals surface area contributed by atoms with Crippen LogP contribution in [0.25, 0.3) is 11.3 Å². The standard InChI is InChI=1S/C23H24N4O2/c24-16-17-9-13-26(14-10-17)23(29)21-8-4-12-27(21)22(28)19-6-3-5-18(15-19)20-7-1-2-11-25-20/h1-3,5-7,11,15,17,21H,4,8-10,12-14H2. The smallest absolute Gasteiger partial charge is 0.254 e. The van der Waals surface area contributed by atoms with E-state index in [0.29, 0.717) is 31.6 Å². The molecule has 4 rings (SSSR count). The minimum atomic E-state index is -0.403. The van der Waals surface area contributed by atoms with Gasteiger partial charge in [0, 0.05) is 42.9 Å². The second kappa shape index (κ2) is 8.44. The van der Waals surface area contributed by atoms with Crippen LogP contribution in [-0.2, 0) is 4.79 Å². The van der Waals surface area contributed by atoms with Crippen molar-refractivity contribution < 1.29 is 9.59 Å². The van der Waals surface area contributed by atoms with Gasteiger partial charge in [0.25, 0.3) is 5.91 Å². The number of piperidine rings is 1. The fourth-order valence-electron chi connectivity index (χ4n) is 4.22. The van der Waals surface area contributed by atoms with Gasteiger partial charge in [0.1, 0.15) is 6.04 Å². The Morgan fingerprint density at radius 1 is 1.03 bits per heavy atom. The number of hydrogen-bond acceptors (Lipinski definition) is 4. The van der Waals surface area contributed by atoms with Gasteiger partial charge < -0.3 is 9.80 Å². The summed E-state index contributed by atoms with van der Waals surface area (Å²) in [6, 6.07) is 15.0. The number of carbonyl (C=O) groups is 2. The molecule has 0 N–H and O–H groups in total. The summed E-state index contributed by atoms with van der Waals surface area (Å²) in [6.45, 7) is 1.80. The molecule has 1 atom stereocenters. The van der Waals surface area contributed by atoms with Crippen molar-refractivity contribution in [3.63, 3.8) is 0 Å². The molecule has 2 fully saturated rings. The van der Waals surface area contributed by atoms with Crippen LogP contribution in [0.3, 0.4) is 0 Å². The molecule has 2 amide bonds. The van der Waals surface area contributed by atoms with Crippen molar-refractivity contribution in [1.29, 1.82) is 5.26 Å². The van der Waals surface area contributed by atoms with Crippen molar-refractivity contribution in [1.82, 2.24) is 14.8 Å². The van der Waals surface area contributed by atoms with Gasteiger partial charge in [0.2, 0.25) is 5.91 Å². The summed E-state index contributed by atoms with van der Waals surface area (Å²) in [5.74, 6) is -0.0478. The molecule has 148 valence electrons. The Labute approximate surface area is 170 Å². The summed E-state index contributed by atoms with van der Waals surface area (Å²) >= 11 is 0. The fourth-order valence-corrected chi connectivity index (χ4v) is 4.22. The summed E-state index contributed by atoms with van der Waals surface area (Å²) in [5, 5.41) is 9.06. The van der Waals surface area contributed by atoms with Gasteiger partial charge in [-0.3, -0.25) is 14.6 Å². The maximum Gasteiger partial charge on any atom is 0.254 e. The molecule has 2 aromatic rings. The van der Waals surface area contributed by atoms with Crippen molar-refractivity contribution in [2.24, 2.45) is 5.92 Å². The predicted molar refractivity (Wildman–Crippen MR) is 109 cm³/mol. The van der Waals surface area contributed by atoms with Gasteiger partial charge in [-0.1, -0.05) is 18.2 Å². The molecular formula is C23H24N4O2. The maximum atomic E-state index is 13.2. The highest BCUT2D eigenvalue weighted by Crippen LogP contribution is 2.26. The number of benzene rings is 1. The average Bonchev–Trinajstić information content (AvgIpc) is 3.29. The summed E-state index contributed by atoms with van der Waals surface area (Å²) in [7, 11) is 0. The Morgan fingerprint density at radius 3 is 2.59 bits per heavy atom. The van der Waals surface area contributed by atoms with E-state index in [1.165, 1.54) is 0 Å². The van der Waals surface area contributed by atoms with Crippen LogP contribution in [0.4, 0.5) is 0 Å². The third-order valence-electron chi connectivity index (χ3n) is 5.86. The quantitative estimate of drug-likeness (QED) is 0.809. The van der Waals surface area contributed by atoms with E-state index in [0.717, 1.165) is 30.5 Å². The van der Waals surface area contributed by atoms with Gasteiger partial charge >= 0.3 is 0 Å². The number of aromatic nitrogens is 1. The number of likely N-dealkylation sites (tertiary alicyclic amines) is 2. The van der Waals surface area contributed by atoms with Gasteiger partial charge in [-0.2, -0.15) is 5.26 Å². The van der Waals surface area contributed by atoms with Crippen LogP contribution in [0.1, 0.15) is 36.0 Å². The predicted octanol–water partition coefficient (Wildman–Crippen LogP) is 3.12. The highest BCUT2D eigenvalue weighted by Gasteiger charge is 2.37. The van der Waals surface area contributed by atoms with E-state index in [2.05, 4.69) is 11.1 Å². The summed E-state index contributed by atoms with van der Waals surface area (Å²) in [4.78, 5) is 34.2. The SMILES string of the molecule is N#CC1CCN(C(=O)C2CCCN2C(=O)c2cccc(-c3ccccn3)c2)CC1. The first-order valence-corrected chi connectivity index (χ1v) is 10.2. The molecular weight excluding hydrogens is 364 g/mol. The van der Waals surface area contributed by atoms with Gasteiger partial charge in [-0.15, -0.1) is 0 Å². The second-order valence-electron chi connectivity index (χ2n) is 7.68. The summed E-state index contributed by atoms with van der Waals surface area (Å²) in [5.41, 5.74) is 2.28. The zero-order valence-electron chi connectivity index (χ0n) is 16.3. The molecule has 2 saturated heterocycles. The molecule has 2 aliphatic rings. The van der Waals surface area contributed by atoms with Crippen molar-refractivity contribution in [3.8, 4) is 17.3 Å². The minimum absolute atomic E-state index is 0.0214. The van der Waals surface area contributed by atoms with Crippen LogP contribution in [0.2, 0.25) is 0 Å². The molecule has 6 heteroatoms. The number of nitrogens with zero attached hydrogens (tertiary/aromatic N) is 4. The monoisotopic (exact) mass is 388 g/mol. The van der Waals surface area contributed by atoms with Crippen LogP contribution < -0.4 is 0 Å². The zero-order chi connectivity index (χ0) is 20.2. The Bertz CT molecular complexity index is 929. The lowest BCUT2D eigenvalue weighted by molar-refractivity contribution is -0.136. The molecule has 2 aliphatic heterocycles. The van der Waals surface area contributed by atoms with E-state index in [-0.39, 0.29) is 17.7 Å². The van der Waals surface area contributed by atoms with E-state index in [4.69, 9.17) is 5.26 Å². The topological polar surface area (TPSA) is 77.3 Å². The first kappa shape index (κ1) is 19.1. The molecule has 0 saturated carbocycles. The lowest BCUT2D eigenvalue weighted by atomic mass is 9.98. The number of pyridine rings is 1. The van der Waals surface area contributed by atoms with Crippen LogP contribution in [-0.4, -0.2) is 52.3 Å². The molecule has 0 spiro atoms. The number of nitriles is 1. The van der Waals surface area contributed by atoms with Crippen LogP contribution in [0, 0.1) is 17.2 Å². The molecule has 0 radical (unpaired) electrons. The molecule has 1 aromatic heterocycles. The number of rotatable bonds is 3. The maximum absolute atomic E-state index is 13.2. The highest BCUT2D eigenvalue weighted by molar-refractivity contribution is 5.98. The zero-order valence-corrected chi connectivity index (χ0v) is 16.3. The lowest BCUT2D eigenvalue weighted by Gasteiger charge is -2.34. The van der Waals surface area contributed by atoms with E-state index >= 15 is 0 Å². The van der Waals surface area contributed by atoms with Crippen molar-refractivity contribution in [3.05, 3.63) is 54.2 Å². The largest absolute Gasteiger partial charge is 0.341 e. The van der Waals surface area contributed by atoms with Crippen molar-refractivity contribution in [2.75, 3.05) is 19.6 Å². The van der Waals surface area contributed by atoms with Gasteiger partial charge in [-0.25, -0.2) is 0 Å². The van der Waals surface area contributed by atoms with E-state index in [1.54, 1.807) is 17.2 Å². The molecule has 29 heavy (non-hydrogen) atoms. The molecule has 3 heterocycles. The molecule has 0 bridgehead atoms. The van der Waals surface area contributed by atoms with Gasteiger partial charge in [-0.05, 0) is 49.9 Å². The first-order chi connectivity index (χ1) is 14.2. The molecule has 0 aliphatic carbocycles. The number of carbonyl (C=O) groups excluding carboxylic acids is 2. The van der Waals surface area contributed by atoms with E-state index in [1.807, 2.05) is 41.3 Å². The second-order valence-corrected chi connectivity index (χ2v) is 7.68. The molecule has 6 nitrogen and oxygen atoms in total. The van der Waals surface area contributed by atoms with Crippen LogP contribution in [0.15, 0.2) is 48.7 Å². The summed E-state index contributed by atoms with van der Waals surface area (Å²) in [6.07, 6.45) is 4.69. The van der Waals surface area contributed by atoms with Crippen LogP contribution >= 0.6 is 0 Å². The first-order valence-electron chi connectivity index (χ1n) is 10.2. The van der Waals surface area contributed by atoms with Crippen molar-refractivity contribution >= 4 is 11.8 Å². The van der Waals surface area contributed by atoms with Gasteiger partial charge in [0.05, 0.1) is 11.8 Å². The highest BCUT2D eigenvalue weighted by atomic mass is 16.2. The van der Waals surface area contributed by atoms with E-state index < -0.39 is 6.04 Å². The Morgan fingerprint density at radius 2 is 1.86 bits per heavy atom. The Kier molecular flexibility index (Phi) is 5.57. The van der Waals surface area contributed by atoms with Crippen molar-refractivity contribution in [2.45, 2.75) is 31.7 Å². The fraction of sp³-hybridized carbons (Fsp3) is 0.391. The average molecular weight is 388 g/mol. The lowest BCUT2D eigenvalue weighted by Crippen LogP contribution is -2.50. The third kappa shape index (κ3) is 4.00. The number of amides is 2. The number of hydrogen-bond donors (Lipinski definition) is 0. The Balaban J connectivity index is 1.50. The molecule has 1 aromatic carbocycles. The van der Waals surface area contributed by atoms with Crippen LogP contribution in [0.5, 0.6) is 0 Å².